The third kappa shape index (κ3) is 2.59. The number of aryl methyl sites for hydroxylation is 1. The summed E-state index contributed by atoms with van der Waals surface area (Å²) in [5, 5.41) is 8.74. The Labute approximate surface area is 87.7 Å². The maximum absolute atomic E-state index is 10.7. The molecule has 15 heavy (non-hydrogen) atoms. The summed E-state index contributed by atoms with van der Waals surface area (Å²) in [6.45, 7) is 1.79. The van der Waals surface area contributed by atoms with Crippen LogP contribution in [0.4, 0.5) is 0 Å². The first-order chi connectivity index (χ1) is 7.08. The molecule has 0 fully saturated rings. The fourth-order valence-electron chi connectivity index (χ4n) is 1.31. The summed E-state index contributed by atoms with van der Waals surface area (Å²) in [5.41, 5.74) is 1.18. The molecule has 5 nitrogen and oxygen atoms in total. The Morgan fingerprint density at radius 2 is 2.13 bits per heavy atom. The maximum Gasteiger partial charge on any atom is 0.308 e. The molecular weight excluding hydrogens is 198 g/mol. The molecule has 0 saturated heterocycles. The lowest BCUT2D eigenvalue weighted by molar-refractivity contribution is -0.136. The molecule has 1 rings (SSSR count). The molecule has 1 heterocycles. The quantitative estimate of drug-likeness (QED) is 0.805. The number of aromatic nitrogens is 1. The van der Waals surface area contributed by atoms with Gasteiger partial charge in [0.25, 0.3) is 0 Å². The van der Waals surface area contributed by atoms with Crippen LogP contribution in [0.25, 0.3) is 0 Å². The van der Waals surface area contributed by atoms with Gasteiger partial charge in [-0.15, -0.1) is 0 Å². The van der Waals surface area contributed by atoms with Gasteiger partial charge in [-0.2, -0.15) is 0 Å². The predicted molar refractivity (Wildman–Crippen MR) is 53.4 cm³/mol. The highest BCUT2D eigenvalue weighted by Gasteiger charge is 2.15. The van der Waals surface area contributed by atoms with Crippen molar-refractivity contribution in [1.29, 1.82) is 0 Å². The molecule has 82 valence electrons. The molecule has 0 atom stereocenters. The van der Waals surface area contributed by atoms with Gasteiger partial charge in [-0.05, 0) is 6.92 Å². The van der Waals surface area contributed by atoms with Crippen LogP contribution < -0.4 is 9.47 Å². The van der Waals surface area contributed by atoms with Gasteiger partial charge in [-0.1, -0.05) is 0 Å². The molecule has 5 heteroatoms. The number of carboxylic acid groups (broad SMARTS) is 1. The van der Waals surface area contributed by atoms with Crippen LogP contribution in [0.15, 0.2) is 6.07 Å². The summed E-state index contributed by atoms with van der Waals surface area (Å²) in [6, 6.07) is 1.68. The number of carboxylic acids is 1. The number of aliphatic carboxylic acids is 1. The Morgan fingerprint density at radius 3 is 2.60 bits per heavy atom. The zero-order valence-electron chi connectivity index (χ0n) is 8.90. The Bertz CT molecular complexity index is 351. The molecule has 0 spiro atoms. The number of nitrogens with zero attached hydrogens (tertiary/aromatic N) is 1. The summed E-state index contributed by atoms with van der Waals surface area (Å²) in [5.74, 6) is -0.159. The van der Waals surface area contributed by atoms with E-state index >= 15 is 0 Å². The van der Waals surface area contributed by atoms with Crippen molar-refractivity contribution in [2.75, 3.05) is 14.2 Å². The Kier molecular flexibility index (Phi) is 3.49. The molecule has 1 N–H and O–H groups in total. The fourth-order valence-corrected chi connectivity index (χ4v) is 1.31. The minimum atomic E-state index is -0.947. The van der Waals surface area contributed by atoms with Crippen LogP contribution in [-0.2, 0) is 11.2 Å². The third-order valence-corrected chi connectivity index (χ3v) is 1.91. The average Bonchev–Trinajstić information content (AvgIpc) is 2.19. The van der Waals surface area contributed by atoms with Crippen molar-refractivity contribution in [3.05, 3.63) is 17.3 Å². The molecule has 1 aromatic heterocycles. The van der Waals surface area contributed by atoms with Gasteiger partial charge < -0.3 is 14.6 Å². The van der Waals surface area contributed by atoms with E-state index in [1.807, 2.05) is 0 Å². The van der Waals surface area contributed by atoms with Crippen LogP contribution in [0.1, 0.15) is 11.3 Å². The number of methoxy groups -OCH3 is 2. The first-order valence-electron chi connectivity index (χ1n) is 4.38. The standard InChI is InChI=1S/C10H13NO4/c1-6-4-8(14-2)7(5-9(12)13)10(11-6)15-3/h4H,5H2,1-3H3,(H,12,13). The number of pyridine rings is 1. The summed E-state index contributed by atoms with van der Waals surface area (Å²) in [7, 11) is 2.94. The second-order valence-corrected chi connectivity index (χ2v) is 3.02. The van der Waals surface area contributed by atoms with Crippen LogP contribution in [0.2, 0.25) is 0 Å². The third-order valence-electron chi connectivity index (χ3n) is 1.91. The highest BCUT2D eigenvalue weighted by Crippen LogP contribution is 2.27. The normalized spacial score (nSPS) is 9.80. The monoisotopic (exact) mass is 211 g/mol. The lowest BCUT2D eigenvalue weighted by Gasteiger charge is -2.11. The van der Waals surface area contributed by atoms with E-state index in [-0.39, 0.29) is 6.42 Å². The van der Waals surface area contributed by atoms with Crippen molar-refractivity contribution >= 4 is 5.97 Å². The van der Waals surface area contributed by atoms with Gasteiger partial charge in [-0.3, -0.25) is 4.79 Å². The molecule has 0 bridgehead atoms. The van der Waals surface area contributed by atoms with Crippen LogP contribution >= 0.6 is 0 Å². The molecule has 0 unspecified atom stereocenters. The van der Waals surface area contributed by atoms with E-state index in [2.05, 4.69) is 4.98 Å². The summed E-state index contributed by atoms with van der Waals surface area (Å²) < 4.78 is 10.1. The number of hydrogen-bond donors (Lipinski definition) is 1. The first kappa shape index (κ1) is 11.3. The minimum Gasteiger partial charge on any atom is -0.496 e. The number of hydrogen-bond acceptors (Lipinski definition) is 4. The van der Waals surface area contributed by atoms with E-state index in [1.54, 1.807) is 13.0 Å². The molecule has 0 radical (unpaired) electrons. The van der Waals surface area contributed by atoms with Crippen LogP contribution in [0.5, 0.6) is 11.6 Å². The topological polar surface area (TPSA) is 68.7 Å². The van der Waals surface area contributed by atoms with Gasteiger partial charge in [0.1, 0.15) is 5.75 Å². The van der Waals surface area contributed by atoms with Crippen LogP contribution in [0.3, 0.4) is 0 Å². The second-order valence-electron chi connectivity index (χ2n) is 3.02. The van der Waals surface area contributed by atoms with Crippen molar-refractivity contribution in [3.63, 3.8) is 0 Å². The SMILES string of the molecule is COc1cc(C)nc(OC)c1CC(=O)O. The highest BCUT2D eigenvalue weighted by molar-refractivity contribution is 5.72. The van der Waals surface area contributed by atoms with Crippen molar-refractivity contribution in [2.45, 2.75) is 13.3 Å². The zero-order valence-corrected chi connectivity index (χ0v) is 8.90. The smallest absolute Gasteiger partial charge is 0.308 e. The fraction of sp³-hybridized carbons (Fsp3) is 0.400. The average molecular weight is 211 g/mol. The lowest BCUT2D eigenvalue weighted by Crippen LogP contribution is -2.06. The molecule has 0 aliphatic heterocycles. The van der Waals surface area contributed by atoms with Crippen LogP contribution in [0, 0.1) is 6.92 Å². The van der Waals surface area contributed by atoms with E-state index < -0.39 is 5.97 Å². The predicted octanol–water partition coefficient (Wildman–Crippen LogP) is 1.03. The van der Waals surface area contributed by atoms with Crippen molar-refractivity contribution in [2.24, 2.45) is 0 Å². The largest absolute Gasteiger partial charge is 0.496 e. The molecular formula is C10H13NO4. The minimum absolute atomic E-state index is 0.167. The first-order valence-corrected chi connectivity index (χ1v) is 4.38. The Balaban J connectivity index is 3.23. The Hall–Kier alpha value is -1.78. The number of carbonyl (C=O) groups is 1. The van der Waals surface area contributed by atoms with Gasteiger partial charge >= 0.3 is 5.97 Å². The van der Waals surface area contributed by atoms with Gasteiger partial charge in [-0.25, -0.2) is 4.98 Å². The van der Waals surface area contributed by atoms with E-state index in [9.17, 15) is 4.79 Å². The second kappa shape index (κ2) is 4.63. The van der Waals surface area contributed by atoms with Crippen LogP contribution in [-0.4, -0.2) is 30.3 Å². The summed E-state index contributed by atoms with van der Waals surface area (Å²) >= 11 is 0. The number of ether oxygens (including phenoxy) is 2. The maximum atomic E-state index is 10.7. The molecule has 1 aromatic rings. The molecule has 0 aliphatic carbocycles. The van der Waals surface area contributed by atoms with E-state index in [0.717, 1.165) is 5.69 Å². The van der Waals surface area contributed by atoms with E-state index in [1.165, 1.54) is 14.2 Å². The van der Waals surface area contributed by atoms with E-state index in [0.29, 0.717) is 17.2 Å². The number of rotatable bonds is 4. The van der Waals surface area contributed by atoms with Gasteiger partial charge in [0.05, 0.1) is 26.2 Å². The summed E-state index contributed by atoms with van der Waals surface area (Å²) in [6.07, 6.45) is -0.167. The van der Waals surface area contributed by atoms with Crippen molar-refractivity contribution in [3.8, 4) is 11.6 Å². The highest BCUT2D eigenvalue weighted by atomic mass is 16.5. The zero-order chi connectivity index (χ0) is 11.4. The Morgan fingerprint density at radius 1 is 1.47 bits per heavy atom. The van der Waals surface area contributed by atoms with Gasteiger partial charge in [0.2, 0.25) is 5.88 Å². The van der Waals surface area contributed by atoms with Gasteiger partial charge in [0.15, 0.2) is 0 Å². The van der Waals surface area contributed by atoms with Crippen molar-refractivity contribution < 1.29 is 19.4 Å². The van der Waals surface area contributed by atoms with Gasteiger partial charge in [0, 0.05) is 11.8 Å². The molecule has 0 aromatic carbocycles. The molecule has 0 saturated carbocycles. The molecule has 0 aliphatic rings. The van der Waals surface area contributed by atoms with Crippen molar-refractivity contribution in [1.82, 2.24) is 4.98 Å². The summed E-state index contributed by atoms with van der Waals surface area (Å²) in [4.78, 5) is 14.7. The lowest BCUT2D eigenvalue weighted by atomic mass is 10.1. The van der Waals surface area contributed by atoms with E-state index in [4.69, 9.17) is 14.6 Å². The molecule has 0 amide bonds.